The van der Waals surface area contributed by atoms with Crippen LogP contribution in [0.25, 0.3) is 0 Å². The van der Waals surface area contributed by atoms with Gasteiger partial charge in [-0.15, -0.1) is 0 Å². The van der Waals surface area contributed by atoms with Gasteiger partial charge in [0.1, 0.15) is 13.2 Å². The molecule has 0 heterocycles. The molecule has 0 N–H and O–H groups in total. The summed E-state index contributed by atoms with van der Waals surface area (Å²) in [4.78, 5) is 38.2. The van der Waals surface area contributed by atoms with Gasteiger partial charge in [-0.1, -0.05) is 256 Å². The highest BCUT2D eigenvalue weighted by atomic mass is 16.6. The van der Waals surface area contributed by atoms with E-state index in [0.29, 0.717) is 19.3 Å². The first kappa shape index (κ1) is 73.3. The van der Waals surface area contributed by atoms with E-state index >= 15 is 0 Å². The highest BCUT2D eigenvalue weighted by Gasteiger charge is 2.19. The molecule has 0 spiro atoms. The third-order valence-electron chi connectivity index (χ3n) is 13.0. The first-order valence-corrected chi connectivity index (χ1v) is 31.8. The summed E-state index contributed by atoms with van der Waals surface area (Å²) in [6.07, 6.45) is 92.8. The average Bonchev–Trinajstić information content (AvgIpc) is 3.44. The van der Waals surface area contributed by atoms with Crippen LogP contribution in [0.5, 0.6) is 0 Å². The van der Waals surface area contributed by atoms with E-state index in [1.165, 1.54) is 51.4 Å². The minimum Gasteiger partial charge on any atom is -0.462 e. The minimum absolute atomic E-state index is 0.100. The molecule has 0 rings (SSSR count). The van der Waals surface area contributed by atoms with Crippen molar-refractivity contribution in [3.63, 3.8) is 0 Å². The zero-order valence-corrected chi connectivity index (χ0v) is 50.4. The predicted octanol–water partition coefficient (Wildman–Crippen LogP) is 21.9. The van der Waals surface area contributed by atoms with Crippen molar-refractivity contribution in [1.82, 2.24) is 0 Å². The van der Waals surface area contributed by atoms with Gasteiger partial charge in [-0.2, -0.15) is 0 Å². The second-order valence-electron chi connectivity index (χ2n) is 20.6. The Kier molecular flexibility index (Phi) is 60.9. The normalized spacial score (nSPS) is 13.1. The minimum atomic E-state index is -0.804. The molecule has 0 saturated heterocycles. The number of hydrogen-bond donors (Lipinski definition) is 0. The number of carbonyl (C=O) groups is 3. The quantitative estimate of drug-likeness (QED) is 0.0261. The Labute approximate surface area is 480 Å². The van der Waals surface area contributed by atoms with Gasteiger partial charge in [-0.05, 0) is 141 Å². The van der Waals surface area contributed by atoms with Gasteiger partial charge < -0.3 is 14.2 Å². The van der Waals surface area contributed by atoms with E-state index in [-0.39, 0.29) is 31.1 Å². The van der Waals surface area contributed by atoms with Crippen molar-refractivity contribution in [2.45, 2.75) is 277 Å². The van der Waals surface area contributed by atoms with Crippen LogP contribution in [-0.4, -0.2) is 37.2 Å². The first-order valence-electron chi connectivity index (χ1n) is 31.8. The predicted molar refractivity (Wildman–Crippen MR) is 339 cm³/mol. The van der Waals surface area contributed by atoms with Gasteiger partial charge in [0.25, 0.3) is 0 Å². The highest BCUT2D eigenvalue weighted by molar-refractivity contribution is 5.71. The van der Waals surface area contributed by atoms with Crippen LogP contribution in [0, 0.1) is 0 Å². The maximum absolute atomic E-state index is 12.9. The van der Waals surface area contributed by atoms with Gasteiger partial charge in [0, 0.05) is 19.3 Å². The van der Waals surface area contributed by atoms with Crippen LogP contribution in [0.3, 0.4) is 0 Å². The zero-order valence-electron chi connectivity index (χ0n) is 50.4. The second kappa shape index (κ2) is 64.8. The summed E-state index contributed by atoms with van der Waals surface area (Å²) in [6.45, 7) is 6.40. The van der Waals surface area contributed by atoms with Crippen molar-refractivity contribution in [2.24, 2.45) is 0 Å². The standard InChI is InChI=1S/C72H116O6/c1-4-7-10-13-16-19-22-25-27-29-30-31-32-33-34-35-36-37-38-39-40-41-42-43-45-47-50-53-56-59-62-65-71(74)77-68-69(67-76-70(73)64-61-58-55-52-49-46-24-21-18-15-12-9-6-3)78-72(75)66-63-60-57-54-51-48-44-28-26-23-20-17-14-11-8-5-2/h7,10,12,15-16,19-21,23-25,27-28,30-31,33-34,36-37,39-40,42-44,69H,4-6,8-9,11,13-14,17-18,22,26,29,32,35,38,41,45-68H2,1-3H3/b10-7-,15-12-,19-16-,23-20-,24-21-,27-25-,31-30-,34-33-,37-36-,40-39-,43-42-,44-28-. The molecular weight excluding hydrogens is 961 g/mol. The zero-order chi connectivity index (χ0) is 56.4. The summed E-state index contributed by atoms with van der Waals surface area (Å²) in [5.74, 6) is -0.944. The van der Waals surface area contributed by atoms with Crippen molar-refractivity contribution in [3.05, 3.63) is 146 Å². The molecule has 6 nitrogen and oxygen atoms in total. The SMILES string of the molecule is CC/C=C\C/C=C\C/C=C\C/C=C\C/C=C\C/C=C\C/C=C\C/C=C\CCCCCCCCC(=O)OCC(COC(=O)CCCCCCC/C=C\C/C=C\CCC)OC(=O)CCCCCCC/C=C\C/C=C\CCCCCC. The number of allylic oxidation sites excluding steroid dienone is 24. The molecule has 0 aromatic carbocycles. The molecule has 1 unspecified atom stereocenters. The molecule has 0 aliphatic rings. The van der Waals surface area contributed by atoms with Crippen LogP contribution >= 0.6 is 0 Å². The Morgan fingerprint density at radius 2 is 0.526 bits per heavy atom. The van der Waals surface area contributed by atoms with Gasteiger partial charge in [0.05, 0.1) is 0 Å². The molecule has 0 amide bonds. The number of hydrogen-bond acceptors (Lipinski definition) is 6. The van der Waals surface area contributed by atoms with E-state index in [1.54, 1.807) is 0 Å². The Bertz CT molecular complexity index is 1710. The summed E-state index contributed by atoms with van der Waals surface area (Å²) in [6, 6.07) is 0. The van der Waals surface area contributed by atoms with Crippen molar-refractivity contribution in [3.8, 4) is 0 Å². The number of carbonyl (C=O) groups excluding carboxylic acids is 3. The van der Waals surface area contributed by atoms with Crippen LogP contribution in [-0.2, 0) is 28.6 Å². The third-order valence-corrected chi connectivity index (χ3v) is 13.0. The Morgan fingerprint density at radius 3 is 0.833 bits per heavy atom. The fraction of sp³-hybridized carbons (Fsp3) is 0.625. The summed E-state index contributed by atoms with van der Waals surface area (Å²) in [5.41, 5.74) is 0. The van der Waals surface area contributed by atoms with Crippen molar-refractivity contribution >= 4 is 17.9 Å². The molecule has 0 aliphatic carbocycles. The summed E-state index contributed by atoms with van der Waals surface area (Å²) < 4.78 is 16.9. The van der Waals surface area contributed by atoms with Gasteiger partial charge in [-0.25, -0.2) is 0 Å². The van der Waals surface area contributed by atoms with Crippen molar-refractivity contribution in [2.75, 3.05) is 13.2 Å². The van der Waals surface area contributed by atoms with Crippen LogP contribution in [0.15, 0.2) is 146 Å². The maximum atomic E-state index is 12.9. The summed E-state index contributed by atoms with van der Waals surface area (Å²) in [7, 11) is 0. The molecule has 1 atom stereocenters. The van der Waals surface area contributed by atoms with E-state index in [4.69, 9.17) is 14.2 Å². The average molecular weight is 1080 g/mol. The summed E-state index contributed by atoms with van der Waals surface area (Å²) >= 11 is 0. The molecule has 0 bridgehead atoms. The van der Waals surface area contributed by atoms with Crippen molar-refractivity contribution < 1.29 is 28.6 Å². The summed E-state index contributed by atoms with van der Waals surface area (Å²) in [5, 5.41) is 0. The van der Waals surface area contributed by atoms with Crippen molar-refractivity contribution in [1.29, 1.82) is 0 Å². The number of rotatable bonds is 56. The molecule has 0 radical (unpaired) electrons. The van der Waals surface area contributed by atoms with Gasteiger partial charge in [0.2, 0.25) is 0 Å². The van der Waals surface area contributed by atoms with Crippen LogP contribution in [0.1, 0.15) is 271 Å². The molecule has 78 heavy (non-hydrogen) atoms. The van der Waals surface area contributed by atoms with Crippen LogP contribution < -0.4 is 0 Å². The molecule has 0 aromatic heterocycles. The number of unbranched alkanes of at least 4 members (excludes halogenated alkanes) is 21. The van der Waals surface area contributed by atoms with Gasteiger partial charge in [-0.3, -0.25) is 14.4 Å². The first-order chi connectivity index (χ1) is 38.5. The molecule has 0 aromatic rings. The van der Waals surface area contributed by atoms with E-state index in [0.717, 1.165) is 180 Å². The number of ether oxygens (including phenoxy) is 3. The largest absolute Gasteiger partial charge is 0.462 e. The third kappa shape index (κ3) is 62.1. The molecule has 440 valence electrons. The highest BCUT2D eigenvalue weighted by Crippen LogP contribution is 2.14. The molecule has 0 fully saturated rings. The Balaban J connectivity index is 4.36. The Morgan fingerprint density at radius 1 is 0.269 bits per heavy atom. The fourth-order valence-corrected chi connectivity index (χ4v) is 8.29. The second-order valence-corrected chi connectivity index (χ2v) is 20.6. The fourth-order valence-electron chi connectivity index (χ4n) is 8.29. The van der Waals surface area contributed by atoms with Crippen LogP contribution in [0.4, 0.5) is 0 Å². The van der Waals surface area contributed by atoms with Crippen LogP contribution in [0.2, 0.25) is 0 Å². The lowest BCUT2D eigenvalue weighted by atomic mass is 10.1. The van der Waals surface area contributed by atoms with Gasteiger partial charge >= 0.3 is 17.9 Å². The van der Waals surface area contributed by atoms with E-state index in [2.05, 4.69) is 167 Å². The molecular formula is C72H116O6. The molecule has 0 saturated carbocycles. The Hall–Kier alpha value is -4.71. The van der Waals surface area contributed by atoms with E-state index in [9.17, 15) is 14.4 Å². The lowest BCUT2D eigenvalue weighted by Crippen LogP contribution is -2.30. The lowest BCUT2D eigenvalue weighted by Gasteiger charge is -2.18. The molecule has 0 aliphatic heterocycles. The maximum Gasteiger partial charge on any atom is 0.306 e. The molecule has 6 heteroatoms. The van der Waals surface area contributed by atoms with E-state index < -0.39 is 6.10 Å². The van der Waals surface area contributed by atoms with Gasteiger partial charge in [0.15, 0.2) is 6.10 Å². The number of esters is 3. The lowest BCUT2D eigenvalue weighted by molar-refractivity contribution is -0.167. The smallest absolute Gasteiger partial charge is 0.306 e. The topological polar surface area (TPSA) is 78.9 Å². The van der Waals surface area contributed by atoms with E-state index in [1.807, 2.05) is 0 Å². The monoisotopic (exact) mass is 1080 g/mol.